The number of rotatable bonds is 4. The number of halogens is 5. The highest BCUT2D eigenvalue weighted by molar-refractivity contribution is 5.97. The number of nitrogens with zero attached hydrogens (tertiary/aromatic N) is 1. The molecule has 3 N–H and O–H groups in total. The van der Waals surface area contributed by atoms with Crippen LogP contribution in [0.15, 0.2) is 36.5 Å². The van der Waals surface area contributed by atoms with Crippen molar-refractivity contribution in [2.24, 2.45) is 11.7 Å². The first-order valence-electron chi connectivity index (χ1n) is 9.11. The molecule has 1 aromatic heterocycles. The Kier molecular flexibility index (Phi) is 5.74. The van der Waals surface area contributed by atoms with Crippen molar-refractivity contribution >= 4 is 17.5 Å². The summed E-state index contributed by atoms with van der Waals surface area (Å²) in [6.07, 6.45) is -5.34. The normalized spacial score (nSPS) is 26.0. The smallest absolute Gasteiger partial charge is 0.364 e. The fourth-order valence-corrected chi connectivity index (χ4v) is 3.63. The number of primary amides is 1. The van der Waals surface area contributed by atoms with Gasteiger partial charge in [0.15, 0.2) is 17.2 Å². The summed E-state index contributed by atoms with van der Waals surface area (Å²) < 4.78 is 73.7. The quantitative estimate of drug-likeness (QED) is 0.707. The van der Waals surface area contributed by atoms with Gasteiger partial charge in [-0.15, -0.1) is 0 Å². The molecular weight excluding hydrogens is 425 g/mol. The SMILES string of the molecule is C[C@@H]1[C@H](c2ccc(F)c(F)c2)[C@H](C(=O)Nc2ccnc(C(N)=O)c2)O[C@]1(C)C(F)(F)F. The standard InChI is InChI=1S/C20H18F5N3O3/c1-9-15(10-3-4-12(21)13(22)7-10)16(31-19(9,2)20(23,24)25)18(30)28-11-5-6-27-14(8-11)17(26)29/h3-9,15-16H,1-2H3,(H2,26,29)(H,27,28,30)/t9-,15-,16-,19+/m1/s1. The van der Waals surface area contributed by atoms with Crippen LogP contribution in [0.4, 0.5) is 27.6 Å². The van der Waals surface area contributed by atoms with Crippen LogP contribution in [0.1, 0.15) is 35.8 Å². The molecule has 6 nitrogen and oxygen atoms in total. The molecule has 0 aliphatic carbocycles. The predicted molar refractivity (Wildman–Crippen MR) is 99.0 cm³/mol. The van der Waals surface area contributed by atoms with E-state index in [9.17, 15) is 31.5 Å². The molecule has 0 radical (unpaired) electrons. The van der Waals surface area contributed by atoms with Crippen molar-refractivity contribution in [1.82, 2.24) is 4.98 Å². The number of carbonyl (C=O) groups excluding carboxylic acids is 2. The van der Waals surface area contributed by atoms with Crippen LogP contribution in [-0.2, 0) is 9.53 Å². The zero-order valence-electron chi connectivity index (χ0n) is 16.3. The lowest BCUT2D eigenvalue weighted by molar-refractivity contribution is -0.272. The Morgan fingerprint density at radius 3 is 2.42 bits per heavy atom. The molecule has 0 unspecified atom stereocenters. The van der Waals surface area contributed by atoms with Gasteiger partial charge < -0.3 is 15.8 Å². The number of benzene rings is 1. The average Bonchev–Trinajstić information content (AvgIpc) is 2.96. The van der Waals surface area contributed by atoms with Crippen molar-refractivity contribution in [3.8, 4) is 0 Å². The number of nitrogens with two attached hydrogens (primary N) is 1. The first kappa shape index (κ1) is 22.6. The summed E-state index contributed by atoms with van der Waals surface area (Å²) in [6, 6.07) is 5.09. The van der Waals surface area contributed by atoms with Gasteiger partial charge >= 0.3 is 6.18 Å². The van der Waals surface area contributed by atoms with Gasteiger partial charge in [-0.2, -0.15) is 13.2 Å². The second kappa shape index (κ2) is 7.88. The number of nitrogens with one attached hydrogen (secondary N) is 1. The van der Waals surface area contributed by atoms with Crippen molar-refractivity contribution < 1.29 is 36.3 Å². The van der Waals surface area contributed by atoms with Gasteiger partial charge in [-0.05, 0) is 36.8 Å². The molecule has 2 heterocycles. The van der Waals surface area contributed by atoms with Gasteiger partial charge in [0.25, 0.3) is 11.8 Å². The number of hydrogen-bond acceptors (Lipinski definition) is 4. The highest BCUT2D eigenvalue weighted by Gasteiger charge is 2.65. The van der Waals surface area contributed by atoms with Crippen molar-refractivity contribution in [1.29, 1.82) is 0 Å². The number of pyridine rings is 1. The number of anilines is 1. The Labute approximate surface area is 173 Å². The molecule has 1 aliphatic rings. The largest absolute Gasteiger partial charge is 0.417 e. The maximum atomic E-state index is 13.8. The van der Waals surface area contributed by atoms with Gasteiger partial charge in [0.05, 0.1) is 0 Å². The molecule has 2 aromatic rings. The summed E-state index contributed by atoms with van der Waals surface area (Å²) in [7, 11) is 0. The summed E-state index contributed by atoms with van der Waals surface area (Å²) in [6.45, 7) is 2.03. The van der Waals surface area contributed by atoms with Crippen LogP contribution in [0.25, 0.3) is 0 Å². The number of amides is 2. The van der Waals surface area contributed by atoms with E-state index in [1.54, 1.807) is 0 Å². The topological polar surface area (TPSA) is 94.3 Å². The Morgan fingerprint density at radius 1 is 1.16 bits per heavy atom. The first-order chi connectivity index (χ1) is 14.3. The van der Waals surface area contributed by atoms with E-state index < -0.39 is 53.2 Å². The number of hydrogen-bond donors (Lipinski definition) is 2. The van der Waals surface area contributed by atoms with Crippen LogP contribution in [0.3, 0.4) is 0 Å². The molecule has 31 heavy (non-hydrogen) atoms. The monoisotopic (exact) mass is 443 g/mol. The minimum absolute atomic E-state index is 0.0212. The minimum atomic E-state index is -4.84. The van der Waals surface area contributed by atoms with Crippen molar-refractivity contribution in [3.63, 3.8) is 0 Å². The summed E-state index contributed by atoms with van der Waals surface area (Å²) in [5.74, 6) is -6.82. The third-order valence-corrected chi connectivity index (χ3v) is 5.54. The third kappa shape index (κ3) is 4.09. The van der Waals surface area contributed by atoms with Crippen molar-refractivity contribution in [3.05, 3.63) is 59.4 Å². The molecular formula is C20H18F5N3O3. The molecule has 0 spiro atoms. The fraction of sp³-hybridized carbons (Fsp3) is 0.350. The van der Waals surface area contributed by atoms with E-state index in [0.29, 0.717) is 0 Å². The van der Waals surface area contributed by atoms with E-state index in [-0.39, 0.29) is 16.9 Å². The molecule has 0 saturated carbocycles. The van der Waals surface area contributed by atoms with Crippen LogP contribution < -0.4 is 11.1 Å². The number of ether oxygens (including phenoxy) is 1. The van der Waals surface area contributed by atoms with Crippen molar-refractivity contribution in [2.45, 2.75) is 37.6 Å². The summed E-state index contributed by atoms with van der Waals surface area (Å²) in [4.78, 5) is 27.9. The van der Waals surface area contributed by atoms with Crippen LogP contribution in [0.2, 0.25) is 0 Å². The highest BCUT2D eigenvalue weighted by Crippen LogP contribution is 2.53. The zero-order valence-corrected chi connectivity index (χ0v) is 16.3. The lowest BCUT2D eigenvalue weighted by Crippen LogP contribution is -2.47. The molecule has 1 aromatic carbocycles. The Bertz CT molecular complexity index is 1030. The van der Waals surface area contributed by atoms with Gasteiger partial charge in [-0.1, -0.05) is 13.0 Å². The van der Waals surface area contributed by atoms with E-state index >= 15 is 0 Å². The summed E-state index contributed by atoms with van der Waals surface area (Å²) in [5, 5.41) is 2.37. The van der Waals surface area contributed by atoms with Crippen molar-refractivity contribution in [2.75, 3.05) is 5.32 Å². The van der Waals surface area contributed by atoms with Gasteiger partial charge in [0, 0.05) is 23.7 Å². The first-order valence-corrected chi connectivity index (χ1v) is 9.11. The maximum Gasteiger partial charge on any atom is 0.417 e. The lowest BCUT2D eigenvalue weighted by Gasteiger charge is -2.31. The zero-order chi connectivity index (χ0) is 23.1. The van der Waals surface area contributed by atoms with E-state index in [0.717, 1.165) is 31.2 Å². The van der Waals surface area contributed by atoms with E-state index in [2.05, 4.69) is 10.3 Å². The number of aromatic nitrogens is 1. The molecule has 3 rings (SSSR count). The molecule has 11 heteroatoms. The fourth-order valence-electron chi connectivity index (χ4n) is 3.63. The number of alkyl halides is 3. The van der Waals surface area contributed by atoms with Crippen LogP contribution in [0.5, 0.6) is 0 Å². The van der Waals surface area contributed by atoms with Gasteiger partial charge in [0.2, 0.25) is 0 Å². The van der Waals surface area contributed by atoms with Gasteiger partial charge in [0.1, 0.15) is 11.8 Å². The average molecular weight is 443 g/mol. The van der Waals surface area contributed by atoms with Gasteiger partial charge in [-0.25, -0.2) is 8.78 Å². The molecule has 1 fully saturated rings. The molecule has 4 atom stereocenters. The minimum Gasteiger partial charge on any atom is -0.364 e. The maximum absolute atomic E-state index is 13.8. The Balaban J connectivity index is 2.00. The van der Waals surface area contributed by atoms with Crippen LogP contribution in [-0.4, -0.2) is 34.7 Å². The van der Waals surface area contributed by atoms with E-state index in [1.807, 2.05) is 0 Å². The molecule has 0 bridgehead atoms. The summed E-state index contributed by atoms with van der Waals surface area (Å²) >= 11 is 0. The van der Waals surface area contributed by atoms with Crippen LogP contribution in [0, 0.1) is 17.6 Å². The highest BCUT2D eigenvalue weighted by atomic mass is 19.4. The third-order valence-electron chi connectivity index (χ3n) is 5.54. The van der Waals surface area contributed by atoms with E-state index in [4.69, 9.17) is 10.5 Å². The molecule has 1 aliphatic heterocycles. The van der Waals surface area contributed by atoms with Crippen LogP contribution >= 0.6 is 0 Å². The lowest BCUT2D eigenvalue weighted by atomic mass is 9.77. The second-order valence-corrected chi connectivity index (χ2v) is 7.41. The number of carbonyl (C=O) groups is 2. The Hall–Kier alpha value is -3.08. The van der Waals surface area contributed by atoms with Gasteiger partial charge in [-0.3, -0.25) is 14.6 Å². The Morgan fingerprint density at radius 2 is 1.84 bits per heavy atom. The second-order valence-electron chi connectivity index (χ2n) is 7.41. The molecule has 2 amide bonds. The summed E-state index contributed by atoms with van der Waals surface area (Å²) in [5.41, 5.74) is 2.27. The predicted octanol–water partition coefficient (Wildman–Crippen LogP) is 3.54. The molecule has 166 valence electrons. The molecule has 1 saturated heterocycles. The van der Waals surface area contributed by atoms with E-state index in [1.165, 1.54) is 19.2 Å².